The van der Waals surface area contributed by atoms with Crippen molar-refractivity contribution < 1.29 is 24.2 Å². The molecule has 1 atom stereocenters. The number of carboxylic acids is 1. The average Bonchev–Trinajstić information content (AvgIpc) is 2.82. The van der Waals surface area contributed by atoms with E-state index in [-0.39, 0.29) is 6.61 Å². The zero-order valence-corrected chi connectivity index (χ0v) is 17.8. The maximum absolute atomic E-state index is 12.8. The molecule has 6 heteroatoms. The minimum Gasteiger partial charge on any atom is -0.479 e. The molecule has 0 bridgehead atoms. The number of ether oxygens (including phenoxy) is 2. The molecule has 3 aromatic carbocycles. The van der Waals surface area contributed by atoms with Crippen molar-refractivity contribution in [2.75, 3.05) is 11.5 Å². The number of nitrogens with zero attached hydrogens (tertiary/aromatic N) is 1. The van der Waals surface area contributed by atoms with E-state index in [2.05, 4.69) is 0 Å². The van der Waals surface area contributed by atoms with E-state index >= 15 is 0 Å². The third kappa shape index (κ3) is 6.22. The third-order valence-corrected chi connectivity index (χ3v) is 4.61. The van der Waals surface area contributed by atoms with Gasteiger partial charge < -0.3 is 14.6 Å². The average molecular weight is 431 g/mol. The Bertz CT molecular complexity index is 1010. The van der Waals surface area contributed by atoms with Crippen molar-refractivity contribution in [2.45, 2.75) is 19.4 Å². The smallest absolute Gasteiger partial charge is 0.419 e. The first-order valence-corrected chi connectivity index (χ1v) is 10.3. The molecule has 0 saturated carbocycles. The summed E-state index contributed by atoms with van der Waals surface area (Å²) in [6, 6.07) is 25.7. The number of hydrogen-bond acceptors (Lipinski definition) is 4. The van der Waals surface area contributed by atoms with Gasteiger partial charge in [-0.2, -0.15) is 0 Å². The van der Waals surface area contributed by atoms with Crippen LogP contribution in [0.25, 0.3) is 6.08 Å². The molecule has 6 nitrogen and oxygen atoms in total. The zero-order chi connectivity index (χ0) is 22.8. The van der Waals surface area contributed by atoms with Crippen LogP contribution in [0.3, 0.4) is 0 Å². The largest absolute Gasteiger partial charge is 0.479 e. The minimum atomic E-state index is -0.998. The number of hydrogen-bond donors (Lipinski definition) is 1. The number of para-hydroxylation sites is 2. The minimum absolute atomic E-state index is 0.0762. The molecule has 1 amide bonds. The number of aliphatic carboxylic acids is 1. The SMILES string of the molecule is CCC(Oc1cccc(/C=C\COC(=O)N(c2ccccc2)c2ccccc2)c1)C(=O)O. The Morgan fingerprint density at radius 3 is 2.12 bits per heavy atom. The first kappa shape index (κ1) is 22.6. The molecule has 0 aliphatic rings. The molecule has 0 radical (unpaired) electrons. The van der Waals surface area contributed by atoms with Gasteiger partial charge in [0.25, 0.3) is 0 Å². The van der Waals surface area contributed by atoms with E-state index in [4.69, 9.17) is 14.6 Å². The van der Waals surface area contributed by atoms with Crippen LogP contribution in [0.5, 0.6) is 5.75 Å². The van der Waals surface area contributed by atoms with E-state index in [9.17, 15) is 9.59 Å². The normalized spacial score (nSPS) is 11.7. The number of carbonyl (C=O) groups excluding carboxylic acids is 1. The van der Waals surface area contributed by atoms with Gasteiger partial charge >= 0.3 is 12.1 Å². The molecular weight excluding hydrogens is 406 g/mol. The van der Waals surface area contributed by atoms with Gasteiger partial charge in [0, 0.05) is 0 Å². The topological polar surface area (TPSA) is 76.1 Å². The second kappa shape index (κ2) is 11.4. The van der Waals surface area contributed by atoms with Crippen LogP contribution in [0.2, 0.25) is 0 Å². The van der Waals surface area contributed by atoms with Crippen LogP contribution >= 0.6 is 0 Å². The van der Waals surface area contributed by atoms with Crippen LogP contribution in [0.1, 0.15) is 18.9 Å². The molecule has 1 N–H and O–H groups in total. The molecule has 0 aliphatic heterocycles. The summed E-state index contributed by atoms with van der Waals surface area (Å²) in [4.78, 5) is 25.5. The second-order valence-electron chi connectivity index (χ2n) is 6.91. The van der Waals surface area contributed by atoms with Crippen molar-refractivity contribution in [3.05, 3.63) is 96.6 Å². The summed E-state index contributed by atoms with van der Waals surface area (Å²) in [5, 5.41) is 9.15. The van der Waals surface area contributed by atoms with E-state index in [0.29, 0.717) is 23.5 Å². The summed E-state index contributed by atoms with van der Waals surface area (Å²) in [6.07, 6.45) is 2.50. The first-order chi connectivity index (χ1) is 15.6. The highest BCUT2D eigenvalue weighted by Crippen LogP contribution is 2.25. The summed E-state index contributed by atoms with van der Waals surface area (Å²) in [7, 11) is 0. The highest BCUT2D eigenvalue weighted by atomic mass is 16.6. The van der Waals surface area contributed by atoms with Crippen LogP contribution < -0.4 is 9.64 Å². The molecule has 0 heterocycles. The molecule has 0 spiro atoms. The van der Waals surface area contributed by atoms with Crippen molar-refractivity contribution in [2.24, 2.45) is 0 Å². The second-order valence-corrected chi connectivity index (χ2v) is 6.91. The Morgan fingerprint density at radius 2 is 1.56 bits per heavy atom. The predicted octanol–water partition coefficient (Wildman–Crippen LogP) is 5.92. The number of rotatable bonds is 9. The highest BCUT2D eigenvalue weighted by Gasteiger charge is 2.19. The lowest BCUT2D eigenvalue weighted by Crippen LogP contribution is -2.26. The van der Waals surface area contributed by atoms with Crippen molar-refractivity contribution >= 4 is 29.5 Å². The highest BCUT2D eigenvalue weighted by molar-refractivity contribution is 5.95. The van der Waals surface area contributed by atoms with E-state index in [1.165, 1.54) is 4.90 Å². The van der Waals surface area contributed by atoms with E-state index in [1.807, 2.05) is 66.7 Å². The standard InChI is InChI=1S/C26H25NO5/c1-2-24(25(28)29)32-23-17-9-11-20(19-23)12-10-18-31-26(30)27(21-13-5-3-6-14-21)22-15-7-4-8-16-22/h3-17,19,24H,2,18H2,1H3,(H,28,29)/b12-10-. The van der Waals surface area contributed by atoms with E-state index < -0.39 is 18.2 Å². The van der Waals surface area contributed by atoms with Crippen molar-refractivity contribution in [1.82, 2.24) is 0 Å². The van der Waals surface area contributed by atoms with Gasteiger partial charge in [-0.05, 0) is 54.5 Å². The Hall–Kier alpha value is -4.06. The molecule has 0 saturated heterocycles. The number of benzene rings is 3. The lowest BCUT2D eigenvalue weighted by molar-refractivity contribution is -0.145. The van der Waals surface area contributed by atoms with Gasteiger partial charge in [-0.25, -0.2) is 14.5 Å². The molecular formula is C26H25NO5. The van der Waals surface area contributed by atoms with Gasteiger partial charge in [0.05, 0.1) is 11.4 Å². The van der Waals surface area contributed by atoms with Gasteiger partial charge in [-0.15, -0.1) is 0 Å². The first-order valence-electron chi connectivity index (χ1n) is 10.3. The summed E-state index contributed by atoms with van der Waals surface area (Å²) in [6.45, 7) is 1.83. The molecule has 1 unspecified atom stereocenters. The fourth-order valence-electron chi connectivity index (χ4n) is 3.05. The predicted molar refractivity (Wildman–Crippen MR) is 124 cm³/mol. The van der Waals surface area contributed by atoms with Crippen LogP contribution in [-0.4, -0.2) is 29.9 Å². The van der Waals surface area contributed by atoms with Crippen LogP contribution in [-0.2, 0) is 9.53 Å². The summed E-state index contributed by atoms with van der Waals surface area (Å²) < 4.78 is 11.0. The van der Waals surface area contributed by atoms with E-state index in [1.54, 1.807) is 37.3 Å². The fourth-order valence-corrected chi connectivity index (χ4v) is 3.05. The zero-order valence-electron chi connectivity index (χ0n) is 17.8. The number of anilines is 2. The quantitative estimate of drug-likeness (QED) is 0.455. The Kier molecular flexibility index (Phi) is 8.03. The molecule has 0 aromatic heterocycles. The monoisotopic (exact) mass is 431 g/mol. The van der Waals surface area contributed by atoms with Gasteiger partial charge in [-0.3, -0.25) is 0 Å². The van der Waals surface area contributed by atoms with Crippen LogP contribution in [0.15, 0.2) is 91.0 Å². The summed E-state index contributed by atoms with van der Waals surface area (Å²) >= 11 is 0. The molecule has 0 aliphatic carbocycles. The third-order valence-electron chi connectivity index (χ3n) is 4.61. The van der Waals surface area contributed by atoms with Crippen LogP contribution in [0.4, 0.5) is 16.2 Å². The molecule has 32 heavy (non-hydrogen) atoms. The number of carboxylic acid groups (broad SMARTS) is 1. The van der Waals surface area contributed by atoms with Gasteiger partial charge in [-0.1, -0.05) is 61.5 Å². The lowest BCUT2D eigenvalue weighted by Gasteiger charge is -2.22. The van der Waals surface area contributed by atoms with Crippen molar-refractivity contribution in [3.8, 4) is 5.75 Å². The summed E-state index contributed by atoms with van der Waals surface area (Å²) in [5.74, 6) is -0.528. The Labute approximate surface area is 187 Å². The maximum atomic E-state index is 12.8. The van der Waals surface area contributed by atoms with Crippen molar-refractivity contribution in [3.63, 3.8) is 0 Å². The van der Waals surface area contributed by atoms with Gasteiger partial charge in [0.15, 0.2) is 6.10 Å². The maximum Gasteiger partial charge on any atom is 0.419 e. The molecule has 0 fully saturated rings. The summed E-state index contributed by atoms with van der Waals surface area (Å²) in [5.41, 5.74) is 2.23. The number of amides is 1. The fraction of sp³-hybridized carbons (Fsp3) is 0.154. The van der Waals surface area contributed by atoms with Gasteiger partial charge in [0.1, 0.15) is 12.4 Å². The Balaban J connectivity index is 1.64. The van der Waals surface area contributed by atoms with Crippen molar-refractivity contribution in [1.29, 1.82) is 0 Å². The molecule has 3 aromatic rings. The van der Waals surface area contributed by atoms with Gasteiger partial charge in [0.2, 0.25) is 0 Å². The molecule has 3 rings (SSSR count). The number of carbonyl (C=O) groups is 2. The van der Waals surface area contributed by atoms with Crippen LogP contribution in [0, 0.1) is 0 Å². The Morgan fingerprint density at radius 1 is 0.938 bits per heavy atom. The lowest BCUT2D eigenvalue weighted by atomic mass is 10.2. The molecule has 164 valence electrons. The van der Waals surface area contributed by atoms with E-state index in [0.717, 1.165) is 5.56 Å².